The minimum atomic E-state index is -2.25. The van der Waals surface area contributed by atoms with Gasteiger partial charge in [-0.25, -0.2) is 0 Å². The second-order valence-corrected chi connectivity index (χ2v) is 12.4. The lowest BCUT2D eigenvalue weighted by molar-refractivity contribution is 0.282. The van der Waals surface area contributed by atoms with Gasteiger partial charge in [-0.3, -0.25) is 0 Å². The Kier molecular flexibility index (Phi) is 8.43. The Morgan fingerprint density at radius 3 is 1.93 bits per heavy atom. The first kappa shape index (κ1) is 22.9. The third-order valence-electron chi connectivity index (χ3n) is 4.46. The topological polar surface area (TPSA) is 29.5 Å². The Balaban J connectivity index is 2.17. The molecule has 2 nitrogen and oxygen atoms in total. The lowest BCUT2D eigenvalue weighted by atomic mass is 10.1. The molecule has 0 amide bonds. The fourth-order valence-electron chi connectivity index (χ4n) is 2.93. The van der Waals surface area contributed by atoms with Crippen LogP contribution in [0.25, 0.3) is 4.91 Å². The van der Waals surface area contributed by atoms with E-state index in [9.17, 15) is 5.11 Å². The molecule has 3 rings (SSSR count). The summed E-state index contributed by atoms with van der Waals surface area (Å²) in [5.74, 6) is 2.19. The molecule has 1 N–H and O–H groups in total. The van der Waals surface area contributed by atoms with Crippen LogP contribution in [0.1, 0.15) is 18.1 Å². The highest BCUT2D eigenvalue weighted by molar-refractivity contribution is 8.30. The molecule has 6 heteroatoms. The number of thioether (sulfide) groups is 1. The van der Waals surface area contributed by atoms with Crippen molar-refractivity contribution >= 4 is 61.7 Å². The first-order valence-electron chi connectivity index (χ1n) is 9.55. The van der Waals surface area contributed by atoms with E-state index in [1.807, 2.05) is 67.6 Å². The molecule has 0 heterocycles. The molecule has 0 aliphatic carbocycles. The quantitative estimate of drug-likeness (QED) is 0.355. The summed E-state index contributed by atoms with van der Waals surface area (Å²) in [4.78, 5) is 0.967. The Hall–Kier alpha value is -1.75. The molecule has 0 fully saturated rings. The van der Waals surface area contributed by atoms with E-state index >= 15 is 0 Å². The van der Waals surface area contributed by atoms with Crippen LogP contribution in [0.3, 0.4) is 0 Å². The van der Waals surface area contributed by atoms with Gasteiger partial charge in [0.25, 0.3) is 0 Å². The van der Waals surface area contributed by atoms with Crippen molar-refractivity contribution < 1.29 is 9.84 Å². The standard InChI is InChI=1S/C24H23O2PS3/c1-2-26-24(28)30-23(20-15-13-19(17-25)14-16-20)18-27(29,21-9-5-3-6-10-21)22-11-7-4-8-12-22/h3-16,18,25H,2,17H2,1H3/b23-18+. The predicted octanol–water partition coefficient (Wildman–Crippen LogP) is 5.66. The third-order valence-corrected chi connectivity index (χ3v) is 10.2. The smallest absolute Gasteiger partial charge is 0.224 e. The molecule has 0 aliphatic rings. The minimum absolute atomic E-state index is 0.00976. The largest absolute Gasteiger partial charge is 0.479 e. The summed E-state index contributed by atoms with van der Waals surface area (Å²) in [5.41, 5.74) is 1.86. The summed E-state index contributed by atoms with van der Waals surface area (Å²) in [6.07, 6.45) is 0. The van der Waals surface area contributed by atoms with Crippen LogP contribution in [0.5, 0.6) is 0 Å². The molecule has 0 saturated heterocycles. The molecule has 0 atom stereocenters. The minimum Gasteiger partial charge on any atom is -0.479 e. The molecule has 0 bridgehead atoms. The molecule has 30 heavy (non-hydrogen) atoms. The van der Waals surface area contributed by atoms with Crippen molar-refractivity contribution in [2.75, 3.05) is 6.61 Å². The molecule has 3 aromatic rings. The Morgan fingerprint density at radius 1 is 0.933 bits per heavy atom. The molecule has 0 saturated carbocycles. The number of aliphatic hydroxyl groups is 1. The van der Waals surface area contributed by atoms with Crippen LogP contribution in [0.2, 0.25) is 0 Å². The van der Waals surface area contributed by atoms with E-state index in [1.54, 1.807) is 0 Å². The molecule has 0 aromatic heterocycles. The summed E-state index contributed by atoms with van der Waals surface area (Å²) in [7, 11) is 0. The van der Waals surface area contributed by atoms with E-state index < -0.39 is 6.04 Å². The van der Waals surface area contributed by atoms with Crippen molar-refractivity contribution in [3.8, 4) is 0 Å². The number of ether oxygens (including phenoxy) is 1. The van der Waals surface area contributed by atoms with E-state index in [0.717, 1.165) is 26.6 Å². The van der Waals surface area contributed by atoms with Gasteiger partial charge in [0, 0.05) is 10.9 Å². The van der Waals surface area contributed by atoms with Crippen molar-refractivity contribution in [1.29, 1.82) is 0 Å². The van der Waals surface area contributed by atoms with Crippen LogP contribution in [0.15, 0.2) is 90.7 Å². The molecule has 0 spiro atoms. The van der Waals surface area contributed by atoms with E-state index in [-0.39, 0.29) is 6.61 Å². The van der Waals surface area contributed by atoms with E-state index in [1.165, 1.54) is 11.8 Å². The monoisotopic (exact) mass is 470 g/mol. The van der Waals surface area contributed by atoms with Crippen molar-refractivity contribution in [1.82, 2.24) is 0 Å². The molecule has 3 aromatic carbocycles. The summed E-state index contributed by atoms with van der Waals surface area (Å²) < 4.78 is 6.03. The van der Waals surface area contributed by atoms with Gasteiger partial charge in [0.1, 0.15) is 0 Å². The summed E-state index contributed by atoms with van der Waals surface area (Å²) >= 11 is 13.2. The number of aliphatic hydroxyl groups excluding tert-OH is 1. The van der Waals surface area contributed by atoms with Gasteiger partial charge in [-0.2, -0.15) is 0 Å². The number of hydrogen-bond donors (Lipinski definition) is 1. The number of rotatable bonds is 7. The molecule has 0 aliphatic heterocycles. The SMILES string of the molecule is CCOC(=S)S/C(=C/P(=S)(c1ccccc1)c1ccccc1)c1ccc(CO)cc1. The fourth-order valence-corrected chi connectivity index (χ4v) is 8.17. The highest BCUT2D eigenvalue weighted by Crippen LogP contribution is 2.50. The van der Waals surface area contributed by atoms with Crippen LogP contribution in [0.4, 0.5) is 0 Å². The van der Waals surface area contributed by atoms with Gasteiger partial charge >= 0.3 is 0 Å². The molecular formula is C24H23O2PS3. The third kappa shape index (κ3) is 5.69. The van der Waals surface area contributed by atoms with Gasteiger partial charge in [-0.05, 0) is 58.5 Å². The summed E-state index contributed by atoms with van der Waals surface area (Å²) in [6, 6.07) is 26.1. The summed E-state index contributed by atoms with van der Waals surface area (Å²) in [6.45, 7) is 2.45. The molecule has 0 unspecified atom stereocenters. The first-order chi connectivity index (χ1) is 14.6. The van der Waals surface area contributed by atoms with Crippen LogP contribution in [-0.4, -0.2) is 16.1 Å². The molecule has 154 valence electrons. The van der Waals surface area contributed by atoms with Gasteiger partial charge in [0.15, 0.2) is 0 Å². The average Bonchev–Trinajstić information content (AvgIpc) is 2.80. The van der Waals surface area contributed by atoms with E-state index in [4.69, 9.17) is 28.8 Å². The zero-order valence-electron chi connectivity index (χ0n) is 16.6. The maximum atomic E-state index is 9.39. The van der Waals surface area contributed by atoms with Gasteiger partial charge in [0.05, 0.1) is 13.2 Å². The first-order valence-corrected chi connectivity index (χ1v) is 13.6. The van der Waals surface area contributed by atoms with Gasteiger partial charge in [-0.15, -0.1) is 0 Å². The van der Waals surface area contributed by atoms with Gasteiger partial charge in [-0.1, -0.05) is 96.7 Å². The molecule has 0 radical (unpaired) electrons. The lowest BCUT2D eigenvalue weighted by Crippen LogP contribution is -2.14. The van der Waals surface area contributed by atoms with Crippen LogP contribution in [0, 0.1) is 0 Å². The van der Waals surface area contributed by atoms with Crippen molar-refractivity contribution in [3.05, 3.63) is 102 Å². The average molecular weight is 471 g/mol. The van der Waals surface area contributed by atoms with Crippen LogP contribution >= 0.6 is 30.0 Å². The number of hydrogen-bond acceptors (Lipinski definition) is 5. The maximum Gasteiger partial charge on any atom is 0.224 e. The normalized spacial score (nSPS) is 11.9. The Morgan fingerprint density at radius 2 is 1.47 bits per heavy atom. The number of benzene rings is 3. The zero-order chi connectivity index (χ0) is 21.4. The summed E-state index contributed by atoms with van der Waals surface area (Å²) in [5, 5.41) is 11.6. The Bertz CT molecular complexity index is 1010. The lowest BCUT2D eigenvalue weighted by Gasteiger charge is -2.22. The Labute approximate surface area is 193 Å². The second kappa shape index (κ2) is 11.0. The van der Waals surface area contributed by atoms with Crippen molar-refractivity contribution in [2.24, 2.45) is 0 Å². The van der Waals surface area contributed by atoms with E-state index in [0.29, 0.717) is 11.0 Å². The molecular weight excluding hydrogens is 447 g/mol. The maximum absolute atomic E-state index is 9.39. The second-order valence-electron chi connectivity index (χ2n) is 6.46. The van der Waals surface area contributed by atoms with Gasteiger partial charge in [0.2, 0.25) is 4.38 Å². The van der Waals surface area contributed by atoms with Crippen molar-refractivity contribution in [3.63, 3.8) is 0 Å². The van der Waals surface area contributed by atoms with Crippen LogP contribution in [-0.2, 0) is 23.2 Å². The van der Waals surface area contributed by atoms with Crippen LogP contribution < -0.4 is 10.6 Å². The fraction of sp³-hybridized carbons (Fsp3) is 0.125. The van der Waals surface area contributed by atoms with Crippen molar-refractivity contribution in [2.45, 2.75) is 13.5 Å². The number of thiocarbonyl (C=S) groups is 1. The zero-order valence-corrected chi connectivity index (χ0v) is 19.9. The highest BCUT2D eigenvalue weighted by Gasteiger charge is 2.22. The highest BCUT2D eigenvalue weighted by atomic mass is 32.4. The van der Waals surface area contributed by atoms with E-state index in [2.05, 4.69) is 30.1 Å². The predicted molar refractivity (Wildman–Crippen MR) is 139 cm³/mol. The van der Waals surface area contributed by atoms with Gasteiger partial charge < -0.3 is 9.84 Å².